The predicted molar refractivity (Wildman–Crippen MR) is 31.2 cm³/mol. The Morgan fingerprint density at radius 1 is 1.88 bits per heavy atom. The zero-order chi connectivity index (χ0) is 6.57. The van der Waals surface area contributed by atoms with E-state index in [2.05, 4.69) is 6.58 Å². The third-order valence-corrected chi connectivity index (χ3v) is 0.697. The minimum atomic E-state index is -0.203. The molecule has 0 aliphatic heterocycles. The number of carbonyl (C=O) groups excluding carboxylic acids is 1. The molecule has 2 nitrogen and oxygen atoms in total. The summed E-state index contributed by atoms with van der Waals surface area (Å²) in [6.07, 6.45) is 1.18. The molecule has 0 saturated heterocycles. The monoisotopic (exact) mass is 113 g/mol. The first-order chi connectivity index (χ1) is 3.68. The highest BCUT2D eigenvalue weighted by Gasteiger charge is 1.98. The standard InChI is InChI=1S/C6H9O2/c1-5(2)6(8)3-4-7/h3,7H,1,4H2,2H3. The molecule has 0 amide bonds. The van der Waals surface area contributed by atoms with Gasteiger partial charge in [-0.2, -0.15) is 0 Å². The number of Topliss-reactive ketones (excluding diaryl/α,β-unsaturated/α-hetero) is 1. The lowest BCUT2D eigenvalue weighted by Crippen LogP contribution is -2.01. The summed E-state index contributed by atoms with van der Waals surface area (Å²) < 4.78 is 0. The Balaban J connectivity index is 3.49. The first kappa shape index (κ1) is 7.37. The van der Waals surface area contributed by atoms with Crippen molar-refractivity contribution < 1.29 is 9.90 Å². The van der Waals surface area contributed by atoms with Gasteiger partial charge in [-0.25, -0.2) is 0 Å². The molecule has 0 saturated carbocycles. The van der Waals surface area contributed by atoms with Crippen LogP contribution < -0.4 is 0 Å². The van der Waals surface area contributed by atoms with Crippen LogP contribution in [0.2, 0.25) is 0 Å². The maximum atomic E-state index is 10.4. The Kier molecular flexibility index (Phi) is 3.12. The fourth-order valence-electron chi connectivity index (χ4n) is 0.257. The molecule has 0 aliphatic rings. The van der Waals surface area contributed by atoms with Gasteiger partial charge in [0, 0.05) is 0 Å². The molecule has 1 radical (unpaired) electrons. The molecule has 0 atom stereocenters. The summed E-state index contributed by atoms with van der Waals surface area (Å²) >= 11 is 0. The summed E-state index contributed by atoms with van der Waals surface area (Å²) in [7, 11) is 0. The van der Waals surface area contributed by atoms with Crippen LogP contribution >= 0.6 is 0 Å². The largest absolute Gasteiger partial charge is 0.396 e. The van der Waals surface area contributed by atoms with Gasteiger partial charge in [0.05, 0.1) is 13.0 Å². The molecule has 0 bridgehead atoms. The third-order valence-electron chi connectivity index (χ3n) is 0.697. The van der Waals surface area contributed by atoms with Crippen LogP contribution in [-0.4, -0.2) is 17.5 Å². The molecule has 0 aromatic carbocycles. The van der Waals surface area contributed by atoms with Crippen molar-refractivity contribution in [3.05, 3.63) is 18.6 Å². The minimum absolute atomic E-state index is 0.187. The van der Waals surface area contributed by atoms with Gasteiger partial charge in [-0.3, -0.25) is 4.79 Å². The number of aliphatic hydroxyl groups is 1. The summed E-state index contributed by atoms with van der Waals surface area (Å²) in [5, 5.41) is 8.17. The molecule has 8 heavy (non-hydrogen) atoms. The van der Waals surface area contributed by atoms with Crippen LogP contribution in [0.4, 0.5) is 0 Å². The van der Waals surface area contributed by atoms with Gasteiger partial charge in [0.15, 0.2) is 5.78 Å². The van der Waals surface area contributed by atoms with Crippen LogP contribution in [0.15, 0.2) is 12.2 Å². The minimum Gasteiger partial charge on any atom is -0.396 e. The summed E-state index contributed by atoms with van der Waals surface area (Å²) in [6, 6.07) is 0. The van der Waals surface area contributed by atoms with Crippen molar-refractivity contribution >= 4 is 5.78 Å². The summed E-state index contributed by atoms with van der Waals surface area (Å²) in [6.45, 7) is 4.78. The Hall–Kier alpha value is -0.630. The molecule has 0 spiro atoms. The van der Waals surface area contributed by atoms with E-state index in [0.29, 0.717) is 5.57 Å². The molecule has 0 aliphatic carbocycles. The van der Waals surface area contributed by atoms with Crippen LogP contribution in [0.5, 0.6) is 0 Å². The Labute approximate surface area is 48.8 Å². The highest BCUT2D eigenvalue weighted by Crippen LogP contribution is 1.91. The lowest BCUT2D eigenvalue weighted by Gasteiger charge is -1.91. The number of hydrogen-bond donors (Lipinski definition) is 1. The van der Waals surface area contributed by atoms with Crippen LogP contribution in [0, 0.1) is 6.42 Å². The fraction of sp³-hybridized carbons (Fsp3) is 0.333. The van der Waals surface area contributed by atoms with E-state index in [1.807, 2.05) is 0 Å². The molecular weight excluding hydrogens is 104 g/mol. The van der Waals surface area contributed by atoms with E-state index in [4.69, 9.17) is 5.11 Å². The highest BCUT2D eigenvalue weighted by atomic mass is 16.3. The number of carbonyl (C=O) groups is 1. The van der Waals surface area contributed by atoms with Gasteiger partial charge < -0.3 is 5.11 Å². The van der Waals surface area contributed by atoms with Crippen molar-refractivity contribution in [3.63, 3.8) is 0 Å². The van der Waals surface area contributed by atoms with Gasteiger partial charge >= 0.3 is 0 Å². The van der Waals surface area contributed by atoms with E-state index in [-0.39, 0.29) is 12.4 Å². The smallest absolute Gasteiger partial charge is 0.164 e. The number of rotatable bonds is 3. The second-order valence-electron chi connectivity index (χ2n) is 1.53. The lowest BCUT2D eigenvalue weighted by atomic mass is 10.2. The summed E-state index contributed by atoms with van der Waals surface area (Å²) in [5.41, 5.74) is 0.457. The molecule has 0 fully saturated rings. The molecular formula is C6H9O2. The van der Waals surface area contributed by atoms with Gasteiger partial charge in [0.1, 0.15) is 0 Å². The number of hydrogen-bond acceptors (Lipinski definition) is 2. The summed E-state index contributed by atoms with van der Waals surface area (Å²) in [4.78, 5) is 10.4. The SMILES string of the molecule is C=C(C)C(=O)[CH]CO. The molecule has 0 aromatic heterocycles. The molecule has 2 heteroatoms. The van der Waals surface area contributed by atoms with E-state index in [0.717, 1.165) is 0 Å². The second kappa shape index (κ2) is 3.38. The van der Waals surface area contributed by atoms with E-state index in [9.17, 15) is 4.79 Å². The average Bonchev–Trinajstić information content (AvgIpc) is 1.67. The van der Waals surface area contributed by atoms with Crippen molar-refractivity contribution in [2.24, 2.45) is 0 Å². The molecule has 0 heterocycles. The van der Waals surface area contributed by atoms with Crippen LogP contribution in [0.1, 0.15) is 6.92 Å². The number of allylic oxidation sites excluding steroid dienone is 1. The third kappa shape index (κ3) is 2.53. The average molecular weight is 113 g/mol. The highest BCUT2D eigenvalue weighted by molar-refractivity contribution is 6.00. The fourth-order valence-corrected chi connectivity index (χ4v) is 0.257. The second-order valence-corrected chi connectivity index (χ2v) is 1.53. The molecule has 0 rings (SSSR count). The van der Waals surface area contributed by atoms with Gasteiger partial charge in [0.2, 0.25) is 0 Å². The zero-order valence-electron chi connectivity index (χ0n) is 4.85. The van der Waals surface area contributed by atoms with E-state index in [1.165, 1.54) is 6.42 Å². The maximum Gasteiger partial charge on any atom is 0.164 e. The Morgan fingerprint density at radius 3 is 2.50 bits per heavy atom. The Morgan fingerprint density at radius 2 is 2.38 bits per heavy atom. The van der Waals surface area contributed by atoms with Crippen LogP contribution in [0.3, 0.4) is 0 Å². The van der Waals surface area contributed by atoms with Crippen molar-refractivity contribution in [1.29, 1.82) is 0 Å². The molecule has 0 aromatic rings. The van der Waals surface area contributed by atoms with Crippen LogP contribution in [0.25, 0.3) is 0 Å². The maximum absolute atomic E-state index is 10.4. The molecule has 1 N–H and O–H groups in total. The zero-order valence-corrected chi connectivity index (χ0v) is 4.85. The molecule has 45 valence electrons. The molecule has 0 unspecified atom stereocenters. The van der Waals surface area contributed by atoms with Gasteiger partial charge in [-0.1, -0.05) is 6.58 Å². The summed E-state index contributed by atoms with van der Waals surface area (Å²) in [5.74, 6) is -0.187. The topological polar surface area (TPSA) is 37.3 Å². The quantitative estimate of drug-likeness (QED) is 0.535. The van der Waals surface area contributed by atoms with Crippen molar-refractivity contribution in [2.45, 2.75) is 6.92 Å². The lowest BCUT2D eigenvalue weighted by molar-refractivity contribution is -0.112. The van der Waals surface area contributed by atoms with E-state index >= 15 is 0 Å². The van der Waals surface area contributed by atoms with Crippen LogP contribution in [-0.2, 0) is 4.79 Å². The number of aliphatic hydroxyl groups excluding tert-OH is 1. The number of ketones is 1. The first-order valence-corrected chi connectivity index (χ1v) is 2.32. The van der Waals surface area contributed by atoms with Crippen molar-refractivity contribution in [2.75, 3.05) is 6.61 Å². The Bertz CT molecular complexity index is 105. The van der Waals surface area contributed by atoms with Gasteiger partial charge in [0.25, 0.3) is 0 Å². The van der Waals surface area contributed by atoms with Gasteiger partial charge in [-0.15, -0.1) is 0 Å². The predicted octanol–water partition coefficient (Wildman–Crippen LogP) is 0.328. The van der Waals surface area contributed by atoms with E-state index < -0.39 is 0 Å². The van der Waals surface area contributed by atoms with Gasteiger partial charge in [-0.05, 0) is 12.5 Å². The van der Waals surface area contributed by atoms with E-state index in [1.54, 1.807) is 6.92 Å². The normalized spacial score (nSPS) is 8.75. The van der Waals surface area contributed by atoms with Crippen molar-refractivity contribution in [3.8, 4) is 0 Å². The first-order valence-electron chi connectivity index (χ1n) is 2.32. The van der Waals surface area contributed by atoms with Crippen molar-refractivity contribution in [1.82, 2.24) is 0 Å².